The summed E-state index contributed by atoms with van der Waals surface area (Å²) in [5.41, 5.74) is 0. The van der Waals surface area contributed by atoms with Gasteiger partial charge >= 0.3 is 5.97 Å². The highest BCUT2D eigenvalue weighted by molar-refractivity contribution is 5.72. The summed E-state index contributed by atoms with van der Waals surface area (Å²) >= 11 is 0. The first-order chi connectivity index (χ1) is 4.20. The largest absolute Gasteiger partial charge is 0.465 e. The van der Waals surface area contributed by atoms with Gasteiger partial charge in [0.2, 0.25) is 0 Å². The highest BCUT2D eigenvalue weighted by Gasteiger charge is 2.23. The monoisotopic (exact) mass is 128 g/mol. The van der Waals surface area contributed by atoms with Crippen LogP contribution < -0.4 is 0 Å². The van der Waals surface area contributed by atoms with Crippen molar-refractivity contribution in [1.82, 2.24) is 0 Å². The van der Waals surface area contributed by atoms with Gasteiger partial charge in [0.05, 0.1) is 12.5 Å². The van der Waals surface area contributed by atoms with E-state index in [1.165, 1.54) is 0 Å². The first kappa shape index (κ1) is 6.59. The highest BCUT2D eigenvalue weighted by Crippen LogP contribution is 2.18. The summed E-state index contributed by atoms with van der Waals surface area (Å²) in [7, 11) is 0. The van der Waals surface area contributed by atoms with Gasteiger partial charge in [-0.1, -0.05) is 13.8 Å². The standard InChI is InChI=1S/C7H12O2/c1-5-3-6(2)7(8)9-4-5/h5-6H,3-4H2,1-2H3/t5-,6-/m1/s1. The Labute approximate surface area is 55.2 Å². The molecule has 0 radical (unpaired) electrons. The SMILES string of the molecule is C[C@H]1COC(=O)[C@H](C)C1. The van der Waals surface area contributed by atoms with E-state index in [-0.39, 0.29) is 11.9 Å². The Morgan fingerprint density at radius 3 is 2.67 bits per heavy atom. The molecule has 0 aromatic rings. The first-order valence-electron chi connectivity index (χ1n) is 3.37. The third-order valence-corrected chi connectivity index (χ3v) is 1.67. The normalized spacial score (nSPS) is 36.0. The third kappa shape index (κ3) is 1.44. The first-order valence-corrected chi connectivity index (χ1v) is 3.37. The number of cyclic esters (lactones) is 1. The van der Waals surface area contributed by atoms with Crippen LogP contribution in [0, 0.1) is 11.8 Å². The fourth-order valence-corrected chi connectivity index (χ4v) is 1.13. The van der Waals surface area contributed by atoms with Gasteiger partial charge in [-0.2, -0.15) is 0 Å². The average Bonchev–Trinajstić information content (AvgIpc) is 1.80. The van der Waals surface area contributed by atoms with Crippen molar-refractivity contribution in [3.05, 3.63) is 0 Å². The van der Waals surface area contributed by atoms with Crippen LogP contribution in [0.25, 0.3) is 0 Å². The summed E-state index contributed by atoms with van der Waals surface area (Å²) in [5, 5.41) is 0. The fraction of sp³-hybridized carbons (Fsp3) is 0.857. The van der Waals surface area contributed by atoms with E-state index in [1.807, 2.05) is 6.92 Å². The summed E-state index contributed by atoms with van der Waals surface area (Å²) in [4.78, 5) is 10.7. The summed E-state index contributed by atoms with van der Waals surface area (Å²) in [5.74, 6) is 0.638. The lowest BCUT2D eigenvalue weighted by Crippen LogP contribution is -2.26. The number of carbonyl (C=O) groups excluding carboxylic acids is 1. The molecule has 0 aromatic heterocycles. The van der Waals surface area contributed by atoms with Crippen LogP contribution >= 0.6 is 0 Å². The number of rotatable bonds is 0. The van der Waals surface area contributed by atoms with Gasteiger partial charge in [-0.3, -0.25) is 4.79 Å². The van der Waals surface area contributed by atoms with Crippen LogP contribution in [0.5, 0.6) is 0 Å². The maximum atomic E-state index is 10.7. The Morgan fingerprint density at radius 2 is 2.22 bits per heavy atom. The molecule has 52 valence electrons. The van der Waals surface area contributed by atoms with E-state index in [4.69, 9.17) is 4.74 Å². The zero-order chi connectivity index (χ0) is 6.85. The van der Waals surface area contributed by atoms with E-state index in [9.17, 15) is 4.79 Å². The number of carbonyl (C=O) groups is 1. The van der Waals surface area contributed by atoms with E-state index in [1.54, 1.807) is 0 Å². The van der Waals surface area contributed by atoms with Gasteiger partial charge in [0, 0.05) is 0 Å². The molecule has 1 aliphatic rings. The molecule has 0 N–H and O–H groups in total. The topological polar surface area (TPSA) is 26.3 Å². The lowest BCUT2D eigenvalue weighted by atomic mass is 9.96. The molecule has 0 spiro atoms. The van der Waals surface area contributed by atoms with Gasteiger partial charge in [-0.05, 0) is 12.3 Å². The van der Waals surface area contributed by atoms with Crippen LogP contribution in [-0.4, -0.2) is 12.6 Å². The minimum atomic E-state index is -0.0342. The van der Waals surface area contributed by atoms with Crippen molar-refractivity contribution in [2.24, 2.45) is 11.8 Å². The van der Waals surface area contributed by atoms with Crippen molar-refractivity contribution in [2.45, 2.75) is 20.3 Å². The molecule has 0 saturated carbocycles. The van der Waals surface area contributed by atoms with E-state index in [0.29, 0.717) is 12.5 Å². The minimum Gasteiger partial charge on any atom is -0.465 e. The van der Waals surface area contributed by atoms with Crippen LogP contribution in [0.15, 0.2) is 0 Å². The van der Waals surface area contributed by atoms with Crippen LogP contribution in [0.3, 0.4) is 0 Å². The molecule has 1 rings (SSSR count). The number of hydrogen-bond donors (Lipinski definition) is 0. The quantitative estimate of drug-likeness (QED) is 0.458. The molecule has 0 aromatic carbocycles. The van der Waals surface area contributed by atoms with Gasteiger partial charge in [0.25, 0.3) is 0 Å². The number of ether oxygens (including phenoxy) is 1. The lowest BCUT2D eigenvalue weighted by molar-refractivity contribution is -0.154. The lowest BCUT2D eigenvalue weighted by Gasteiger charge is -2.22. The summed E-state index contributed by atoms with van der Waals surface area (Å²) in [6.07, 6.45) is 0.985. The predicted molar refractivity (Wildman–Crippen MR) is 33.9 cm³/mol. The minimum absolute atomic E-state index is 0.0342. The van der Waals surface area contributed by atoms with Gasteiger partial charge in [0.15, 0.2) is 0 Å². The smallest absolute Gasteiger partial charge is 0.308 e. The summed E-state index contributed by atoms with van der Waals surface area (Å²) in [6.45, 7) is 4.63. The Kier molecular flexibility index (Phi) is 1.74. The van der Waals surface area contributed by atoms with Gasteiger partial charge in [-0.25, -0.2) is 0 Å². The second kappa shape index (κ2) is 2.38. The molecule has 1 fully saturated rings. The molecule has 2 nitrogen and oxygen atoms in total. The molecule has 9 heavy (non-hydrogen) atoms. The van der Waals surface area contributed by atoms with E-state index in [0.717, 1.165) is 6.42 Å². The molecule has 0 unspecified atom stereocenters. The van der Waals surface area contributed by atoms with Crippen molar-refractivity contribution in [2.75, 3.05) is 6.61 Å². The predicted octanol–water partition coefficient (Wildman–Crippen LogP) is 1.21. The van der Waals surface area contributed by atoms with Gasteiger partial charge in [-0.15, -0.1) is 0 Å². The second-order valence-corrected chi connectivity index (χ2v) is 2.87. The molecule has 1 heterocycles. The van der Waals surface area contributed by atoms with Crippen molar-refractivity contribution in [3.63, 3.8) is 0 Å². The zero-order valence-electron chi connectivity index (χ0n) is 5.89. The Hall–Kier alpha value is -0.530. The van der Waals surface area contributed by atoms with Crippen LogP contribution in [0.1, 0.15) is 20.3 Å². The molecule has 2 heteroatoms. The van der Waals surface area contributed by atoms with E-state index >= 15 is 0 Å². The van der Waals surface area contributed by atoms with Crippen LogP contribution in [0.2, 0.25) is 0 Å². The average molecular weight is 128 g/mol. The van der Waals surface area contributed by atoms with Crippen molar-refractivity contribution >= 4 is 5.97 Å². The summed E-state index contributed by atoms with van der Waals surface area (Å²) in [6, 6.07) is 0. The second-order valence-electron chi connectivity index (χ2n) is 2.87. The fourth-order valence-electron chi connectivity index (χ4n) is 1.13. The number of hydrogen-bond acceptors (Lipinski definition) is 2. The highest BCUT2D eigenvalue weighted by atomic mass is 16.5. The van der Waals surface area contributed by atoms with Crippen molar-refractivity contribution in [1.29, 1.82) is 0 Å². The molecule has 2 atom stereocenters. The van der Waals surface area contributed by atoms with Crippen molar-refractivity contribution in [3.8, 4) is 0 Å². The van der Waals surface area contributed by atoms with E-state index in [2.05, 4.69) is 6.92 Å². The molecule has 0 amide bonds. The molecule has 0 bridgehead atoms. The van der Waals surface area contributed by atoms with Gasteiger partial charge < -0.3 is 4.74 Å². The molecular formula is C7H12O2. The Balaban J connectivity index is 2.44. The van der Waals surface area contributed by atoms with Crippen LogP contribution in [0.4, 0.5) is 0 Å². The third-order valence-electron chi connectivity index (χ3n) is 1.67. The Bertz CT molecular complexity index is 120. The Morgan fingerprint density at radius 1 is 1.56 bits per heavy atom. The number of esters is 1. The van der Waals surface area contributed by atoms with Crippen LogP contribution in [-0.2, 0) is 9.53 Å². The maximum absolute atomic E-state index is 10.7. The molecular weight excluding hydrogens is 116 g/mol. The molecule has 0 aliphatic carbocycles. The molecule has 1 aliphatic heterocycles. The van der Waals surface area contributed by atoms with Gasteiger partial charge in [0.1, 0.15) is 0 Å². The zero-order valence-corrected chi connectivity index (χ0v) is 5.89. The van der Waals surface area contributed by atoms with E-state index < -0.39 is 0 Å². The van der Waals surface area contributed by atoms with Crippen molar-refractivity contribution < 1.29 is 9.53 Å². The molecule has 1 saturated heterocycles. The summed E-state index contributed by atoms with van der Waals surface area (Å²) < 4.78 is 4.86. The maximum Gasteiger partial charge on any atom is 0.308 e.